The molecule has 0 unspecified atom stereocenters. The molecule has 1 aromatic carbocycles. The second-order valence-electron chi connectivity index (χ2n) is 5.22. The summed E-state index contributed by atoms with van der Waals surface area (Å²) in [5.74, 6) is 1.94. The van der Waals surface area contributed by atoms with E-state index in [-0.39, 0.29) is 0 Å². The van der Waals surface area contributed by atoms with Gasteiger partial charge in [-0.25, -0.2) is 0 Å². The molecule has 0 radical (unpaired) electrons. The number of rotatable bonds is 3. The minimum absolute atomic E-state index is 0.493. The van der Waals surface area contributed by atoms with Crippen LogP contribution in [0.4, 0.5) is 0 Å². The van der Waals surface area contributed by atoms with E-state index in [1.807, 2.05) is 37.3 Å². The van der Waals surface area contributed by atoms with Gasteiger partial charge < -0.3 is 9.47 Å². The third kappa shape index (κ3) is 3.31. The summed E-state index contributed by atoms with van der Waals surface area (Å²) < 4.78 is 11.6. The molecule has 5 nitrogen and oxygen atoms in total. The highest BCUT2D eigenvalue weighted by Gasteiger charge is 2.20. The first-order valence-electron chi connectivity index (χ1n) is 7.08. The molecular formula is C16H19N3O2. The van der Waals surface area contributed by atoms with Gasteiger partial charge in [-0.1, -0.05) is 30.3 Å². The maximum Gasteiger partial charge on any atom is 0.225 e. The normalized spacial score (nSPS) is 15.0. The second kappa shape index (κ2) is 6.10. The largest absolute Gasteiger partial charge is 0.476 e. The van der Waals surface area contributed by atoms with E-state index < -0.39 is 0 Å². The average molecular weight is 285 g/mol. The van der Waals surface area contributed by atoms with E-state index in [2.05, 4.69) is 21.9 Å². The van der Waals surface area contributed by atoms with E-state index in [0.717, 1.165) is 24.2 Å². The number of hydrogen-bond donors (Lipinski definition) is 0. The Kier molecular flexibility index (Phi) is 4.01. The molecule has 3 rings (SSSR count). The van der Waals surface area contributed by atoms with Crippen molar-refractivity contribution >= 4 is 0 Å². The standard InChI is InChI=1S/C16H19N3O2/c1-12-17-15-14(10-19(2)8-9-20-15)16(18-12)21-11-13-6-4-3-5-7-13/h3-7H,8-11H2,1-2H3. The van der Waals surface area contributed by atoms with Crippen LogP contribution in [-0.2, 0) is 13.2 Å². The van der Waals surface area contributed by atoms with Crippen molar-refractivity contribution in [3.8, 4) is 11.8 Å². The van der Waals surface area contributed by atoms with Crippen LogP contribution >= 0.6 is 0 Å². The lowest BCUT2D eigenvalue weighted by Crippen LogP contribution is -2.20. The lowest BCUT2D eigenvalue weighted by Gasteiger charge is -2.15. The maximum absolute atomic E-state index is 5.92. The van der Waals surface area contributed by atoms with Crippen LogP contribution in [0, 0.1) is 6.92 Å². The Morgan fingerprint density at radius 2 is 2.05 bits per heavy atom. The molecular weight excluding hydrogens is 266 g/mol. The van der Waals surface area contributed by atoms with E-state index in [0.29, 0.717) is 30.8 Å². The van der Waals surface area contributed by atoms with Crippen molar-refractivity contribution in [3.63, 3.8) is 0 Å². The molecule has 1 aliphatic rings. The van der Waals surface area contributed by atoms with E-state index in [1.165, 1.54) is 0 Å². The number of aryl methyl sites for hydroxylation is 1. The van der Waals surface area contributed by atoms with E-state index in [1.54, 1.807) is 0 Å². The van der Waals surface area contributed by atoms with Crippen molar-refractivity contribution in [2.24, 2.45) is 0 Å². The van der Waals surface area contributed by atoms with Gasteiger partial charge in [0.2, 0.25) is 11.8 Å². The molecule has 0 spiro atoms. The first kappa shape index (κ1) is 13.8. The average Bonchev–Trinajstić information content (AvgIpc) is 2.67. The Bertz CT molecular complexity index is 616. The molecule has 0 N–H and O–H groups in total. The zero-order valence-electron chi connectivity index (χ0n) is 12.4. The van der Waals surface area contributed by atoms with Crippen molar-refractivity contribution < 1.29 is 9.47 Å². The molecule has 2 heterocycles. The fourth-order valence-electron chi connectivity index (χ4n) is 2.29. The third-order valence-corrected chi connectivity index (χ3v) is 3.40. The van der Waals surface area contributed by atoms with Gasteiger partial charge in [-0.3, -0.25) is 4.90 Å². The number of hydrogen-bond acceptors (Lipinski definition) is 5. The first-order valence-corrected chi connectivity index (χ1v) is 7.08. The minimum Gasteiger partial charge on any atom is -0.476 e. The first-order chi connectivity index (χ1) is 10.2. The summed E-state index contributed by atoms with van der Waals surface area (Å²) in [7, 11) is 2.05. The topological polar surface area (TPSA) is 47.5 Å². The van der Waals surface area contributed by atoms with E-state index in [9.17, 15) is 0 Å². The van der Waals surface area contributed by atoms with Crippen LogP contribution < -0.4 is 9.47 Å². The van der Waals surface area contributed by atoms with E-state index in [4.69, 9.17) is 9.47 Å². The van der Waals surface area contributed by atoms with Crippen molar-refractivity contribution in [2.75, 3.05) is 20.2 Å². The number of ether oxygens (including phenoxy) is 2. The highest BCUT2D eigenvalue weighted by molar-refractivity contribution is 5.36. The van der Waals surface area contributed by atoms with Crippen LogP contribution in [0.25, 0.3) is 0 Å². The summed E-state index contributed by atoms with van der Waals surface area (Å²) in [5.41, 5.74) is 2.04. The Morgan fingerprint density at radius 3 is 2.86 bits per heavy atom. The number of benzene rings is 1. The van der Waals surface area contributed by atoms with Gasteiger partial charge in [0.05, 0.1) is 5.56 Å². The zero-order valence-corrected chi connectivity index (χ0v) is 12.4. The van der Waals surface area contributed by atoms with Gasteiger partial charge >= 0.3 is 0 Å². The molecule has 5 heteroatoms. The van der Waals surface area contributed by atoms with Crippen molar-refractivity contribution in [1.82, 2.24) is 14.9 Å². The molecule has 21 heavy (non-hydrogen) atoms. The molecule has 0 saturated heterocycles. The number of aromatic nitrogens is 2. The molecule has 0 saturated carbocycles. The number of nitrogens with zero attached hydrogens (tertiary/aromatic N) is 3. The van der Waals surface area contributed by atoms with Crippen molar-refractivity contribution in [1.29, 1.82) is 0 Å². The molecule has 1 aliphatic heterocycles. The fraction of sp³-hybridized carbons (Fsp3) is 0.375. The zero-order chi connectivity index (χ0) is 14.7. The number of likely N-dealkylation sites (N-methyl/N-ethyl adjacent to an activating group) is 1. The Morgan fingerprint density at radius 1 is 1.24 bits per heavy atom. The van der Waals surface area contributed by atoms with Gasteiger partial charge in [-0.2, -0.15) is 9.97 Å². The molecule has 0 fully saturated rings. The molecule has 1 aromatic heterocycles. The molecule has 0 amide bonds. The molecule has 0 bridgehead atoms. The summed E-state index contributed by atoms with van der Waals surface area (Å²) in [4.78, 5) is 11.0. The van der Waals surface area contributed by atoms with Crippen molar-refractivity contribution in [3.05, 3.63) is 47.3 Å². The van der Waals surface area contributed by atoms with E-state index >= 15 is 0 Å². The van der Waals surface area contributed by atoms with Crippen LogP contribution in [0.5, 0.6) is 11.8 Å². The van der Waals surface area contributed by atoms with Crippen molar-refractivity contribution in [2.45, 2.75) is 20.1 Å². The van der Waals surface area contributed by atoms with Crippen LogP contribution in [0.15, 0.2) is 30.3 Å². The van der Waals surface area contributed by atoms with Crippen LogP contribution in [0.3, 0.4) is 0 Å². The predicted molar refractivity (Wildman–Crippen MR) is 79.4 cm³/mol. The van der Waals surface area contributed by atoms with Crippen LogP contribution in [0.2, 0.25) is 0 Å². The highest BCUT2D eigenvalue weighted by atomic mass is 16.5. The lowest BCUT2D eigenvalue weighted by atomic mass is 10.2. The van der Waals surface area contributed by atoms with Gasteiger partial charge in [0.15, 0.2) is 0 Å². The summed E-state index contributed by atoms with van der Waals surface area (Å²) >= 11 is 0. The SMILES string of the molecule is Cc1nc2c(c(OCc3ccccc3)n1)CN(C)CCO2. The lowest BCUT2D eigenvalue weighted by molar-refractivity contribution is 0.253. The Balaban J connectivity index is 1.85. The monoisotopic (exact) mass is 285 g/mol. The number of fused-ring (bicyclic) bond motifs is 1. The van der Waals surface area contributed by atoms with Crippen LogP contribution in [0.1, 0.15) is 17.0 Å². The summed E-state index contributed by atoms with van der Waals surface area (Å²) in [6.45, 7) is 4.59. The Hall–Kier alpha value is -2.14. The highest BCUT2D eigenvalue weighted by Crippen LogP contribution is 2.28. The second-order valence-corrected chi connectivity index (χ2v) is 5.22. The summed E-state index contributed by atoms with van der Waals surface area (Å²) in [6.07, 6.45) is 0. The smallest absolute Gasteiger partial charge is 0.225 e. The molecule has 0 atom stereocenters. The van der Waals surface area contributed by atoms with Crippen LogP contribution in [-0.4, -0.2) is 35.1 Å². The van der Waals surface area contributed by atoms with Gasteiger partial charge in [0, 0.05) is 13.1 Å². The summed E-state index contributed by atoms with van der Waals surface area (Å²) in [6, 6.07) is 10.1. The maximum atomic E-state index is 5.92. The third-order valence-electron chi connectivity index (χ3n) is 3.40. The van der Waals surface area contributed by atoms with Gasteiger partial charge in [0.1, 0.15) is 19.0 Å². The molecule has 0 aliphatic carbocycles. The van der Waals surface area contributed by atoms with Gasteiger partial charge in [-0.05, 0) is 19.5 Å². The molecule has 110 valence electrons. The predicted octanol–water partition coefficient (Wildman–Crippen LogP) is 2.19. The van der Waals surface area contributed by atoms with Gasteiger partial charge in [0.25, 0.3) is 0 Å². The van der Waals surface area contributed by atoms with Gasteiger partial charge in [-0.15, -0.1) is 0 Å². The Labute approximate surface area is 124 Å². The minimum atomic E-state index is 0.493. The summed E-state index contributed by atoms with van der Waals surface area (Å²) in [5, 5.41) is 0. The quantitative estimate of drug-likeness (QED) is 0.865. The molecule has 2 aromatic rings. The fourth-order valence-corrected chi connectivity index (χ4v) is 2.29.